The molecule has 0 spiro atoms. The van der Waals surface area contributed by atoms with Crippen molar-refractivity contribution in [3.8, 4) is 0 Å². The second-order valence-corrected chi connectivity index (χ2v) is 7.13. The minimum Gasteiger partial charge on any atom is -0.429 e. The molecule has 1 saturated heterocycles. The molecule has 0 aliphatic carbocycles. The third-order valence-corrected chi connectivity index (χ3v) is 5.25. The van der Waals surface area contributed by atoms with Crippen LogP contribution < -0.4 is 5.32 Å². The summed E-state index contributed by atoms with van der Waals surface area (Å²) >= 11 is 5.35. The number of amides is 1. The first-order valence-electron chi connectivity index (χ1n) is 8.97. The van der Waals surface area contributed by atoms with Crippen LogP contribution in [0.5, 0.6) is 0 Å². The van der Waals surface area contributed by atoms with Gasteiger partial charge in [0.25, 0.3) is 10.7 Å². The van der Waals surface area contributed by atoms with E-state index in [0.29, 0.717) is 17.1 Å². The fourth-order valence-corrected chi connectivity index (χ4v) is 3.68. The molecule has 0 atom stereocenters. The Balaban J connectivity index is 1.35. The molecule has 3 aromatic rings. The van der Waals surface area contributed by atoms with Gasteiger partial charge in [0.1, 0.15) is 5.82 Å². The number of likely N-dealkylation sites (tertiary alicyclic amines) is 1. The van der Waals surface area contributed by atoms with Crippen molar-refractivity contribution in [1.29, 1.82) is 0 Å². The lowest BCUT2D eigenvalue weighted by atomic mass is 10.0. The Morgan fingerprint density at radius 1 is 1.15 bits per heavy atom. The summed E-state index contributed by atoms with van der Waals surface area (Å²) in [5.74, 6) is -0.498. The average Bonchev–Trinajstić information content (AvgIpc) is 2.99. The Hall–Kier alpha value is -2.51. The molecule has 27 heavy (non-hydrogen) atoms. The number of carbonyl (C=O) groups excluding carboxylic acids is 1. The first-order chi connectivity index (χ1) is 13.1. The van der Waals surface area contributed by atoms with Crippen LogP contribution in [0.1, 0.15) is 23.2 Å². The number of aromatic nitrogens is 1. The lowest BCUT2D eigenvalue weighted by Crippen LogP contribution is -2.45. The zero-order valence-electron chi connectivity index (χ0n) is 14.7. The molecule has 2 heterocycles. The quantitative estimate of drug-likeness (QED) is 0.691. The van der Waals surface area contributed by atoms with E-state index >= 15 is 0 Å². The standard InChI is InChI=1S/C20H20FN3O2S/c21-15-7-5-14(6-8-15)19(25)22-16-9-11-23(12-10-16)13-24-17-3-1-2-4-18(17)26-20(24)27/h1-8,16H,9-13H2,(H,22,25). The lowest BCUT2D eigenvalue weighted by molar-refractivity contribution is 0.0899. The number of oxazole rings is 1. The number of hydrogen-bond acceptors (Lipinski definition) is 4. The highest BCUT2D eigenvalue weighted by molar-refractivity contribution is 7.71. The third-order valence-electron chi connectivity index (χ3n) is 4.94. The van der Waals surface area contributed by atoms with E-state index < -0.39 is 0 Å². The van der Waals surface area contributed by atoms with Gasteiger partial charge in [-0.3, -0.25) is 14.3 Å². The Bertz CT molecular complexity index is 1000. The van der Waals surface area contributed by atoms with Gasteiger partial charge in [-0.2, -0.15) is 0 Å². The summed E-state index contributed by atoms with van der Waals surface area (Å²) in [7, 11) is 0. The molecule has 2 aromatic carbocycles. The molecule has 1 aromatic heterocycles. The van der Waals surface area contributed by atoms with Crippen molar-refractivity contribution in [2.45, 2.75) is 25.6 Å². The highest BCUT2D eigenvalue weighted by atomic mass is 32.1. The number of rotatable bonds is 4. The molecule has 0 bridgehead atoms. The van der Waals surface area contributed by atoms with E-state index in [-0.39, 0.29) is 17.8 Å². The molecular formula is C20H20FN3O2S. The van der Waals surface area contributed by atoms with Crippen molar-refractivity contribution < 1.29 is 13.6 Å². The normalized spacial score (nSPS) is 15.9. The van der Waals surface area contributed by atoms with Crippen LogP contribution >= 0.6 is 12.2 Å². The summed E-state index contributed by atoms with van der Waals surface area (Å²) in [5.41, 5.74) is 2.27. The summed E-state index contributed by atoms with van der Waals surface area (Å²) in [6.07, 6.45) is 1.71. The monoisotopic (exact) mass is 385 g/mol. The second-order valence-electron chi connectivity index (χ2n) is 6.78. The van der Waals surface area contributed by atoms with Gasteiger partial charge in [0.15, 0.2) is 5.58 Å². The number of fused-ring (bicyclic) bond motifs is 1. The van der Waals surface area contributed by atoms with Gasteiger partial charge >= 0.3 is 0 Å². The minimum absolute atomic E-state index is 0.118. The van der Waals surface area contributed by atoms with E-state index in [1.54, 1.807) is 0 Å². The predicted octanol–water partition coefficient (Wildman–Crippen LogP) is 3.95. The van der Waals surface area contributed by atoms with Crippen molar-refractivity contribution in [2.75, 3.05) is 13.1 Å². The van der Waals surface area contributed by atoms with Crippen LogP contribution in [-0.2, 0) is 6.67 Å². The minimum atomic E-state index is -0.342. The van der Waals surface area contributed by atoms with E-state index in [2.05, 4.69) is 10.2 Å². The maximum atomic E-state index is 13.0. The van der Waals surface area contributed by atoms with Crippen LogP contribution in [0.25, 0.3) is 11.1 Å². The fraction of sp³-hybridized carbons (Fsp3) is 0.300. The van der Waals surface area contributed by atoms with Gasteiger partial charge in [0.2, 0.25) is 0 Å². The lowest BCUT2D eigenvalue weighted by Gasteiger charge is -2.32. The molecular weight excluding hydrogens is 365 g/mol. The first-order valence-corrected chi connectivity index (χ1v) is 9.38. The Morgan fingerprint density at radius 3 is 2.59 bits per heavy atom. The van der Waals surface area contributed by atoms with Gasteiger partial charge in [0.05, 0.1) is 12.2 Å². The average molecular weight is 385 g/mol. The molecule has 0 unspecified atom stereocenters. The molecule has 0 saturated carbocycles. The van der Waals surface area contributed by atoms with Crippen LogP contribution in [0, 0.1) is 10.7 Å². The molecule has 1 amide bonds. The summed E-state index contributed by atoms with van der Waals surface area (Å²) in [6.45, 7) is 2.39. The third kappa shape index (κ3) is 3.94. The summed E-state index contributed by atoms with van der Waals surface area (Å²) in [5, 5.41) is 3.04. The number of piperidine rings is 1. The van der Waals surface area contributed by atoms with Gasteiger partial charge < -0.3 is 9.73 Å². The number of carbonyl (C=O) groups is 1. The van der Waals surface area contributed by atoms with Crippen molar-refractivity contribution in [3.05, 3.63) is 64.7 Å². The smallest absolute Gasteiger partial charge is 0.270 e. The van der Waals surface area contributed by atoms with Crippen LogP contribution in [0.15, 0.2) is 52.9 Å². The van der Waals surface area contributed by atoms with Crippen molar-refractivity contribution in [1.82, 2.24) is 14.8 Å². The van der Waals surface area contributed by atoms with Crippen molar-refractivity contribution >= 4 is 29.2 Å². The number of hydrogen-bond donors (Lipinski definition) is 1. The van der Waals surface area contributed by atoms with E-state index in [0.717, 1.165) is 37.0 Å². The Labute approximate surface area is 161 Å². The van der Waals surface area contributed by atoms with Gasteiger partial charge in [-0.25, -0.2) is 4.39 Å². The molecule has 4 rings (SSSR count). The molecule has 5 nitrogen and oxygen atoms in total. The van der Waals surface area contributed by atoms with Crippen LogP contribution in [0.2, 0.25) is 0 Å². The molecule has 1 aliphatic rings. The fourth-order valence-electron chi connectivity index (χ4n) is 3.44. The van der Waals surface area contributed by atoms with E-state index in [9.17, 15) is 9.18 Å². The number of benzene rings is 2. The highest BCUT2D eigenvalue weighted by Gasteiger charge is 2.22. The van der Waals surface area contributed by atoms with E-state index in [4.69, 9.17) is 16.6 Å². The maximum Gasteiger partial charge on any atom is 0.270 e. The maximum absolute atomic E-state index is 13.0. The molecule has 1 fully saturated rings. The Kier molecular flexibility index (Phi) is 5.05. The molecule has 0 radical (unpaired) electrons. The SMILES string of the molecule is O=C(NC1CCN(Cn2c(=S)oc3ccccc32)CC1)c1ccc(F)cc1. The van der Waals surface area contributed by atoms with Gasteiger partial charge in [-0.1, -0.05) is 12.1 Å². The first kappa shape index (κ1) is 17.9. The molecule has 140 valence electrons. The van der Waals surface area contributed by atoms with Gasteiger partial charge in [-0.15, -0.1) is 0 Å². The molecule has 1 aliphatic heterocycles. The van der Waals surface area contributed by atoms with Crippen LogP contribution in [0.4, 0.5) is 4.39 Å². The number of nitrogens with zero attached hydrogens (tertiary/aromatic N) is 2. The van der Waals surface area contributed by atoms with E-state index in [1.165, 1.54) is 24.3 Å². The largest absolute Gasteiger partial charge is 0.429 e. The van der Waals surface area contributed by atoms with Crippen molar-refractivity contribution in [3.63, 3.8) is 0 Å². The summed E-state index contributed by atoms with van der Waals surface area (Å²) in [6, 6.07) is 13.6. The topological polar surface area (TPSA) is 50.4 Å². The van der Waals surface area contributed by atoms with Crippen LogP contribution in [-0.4, -0.2) is 34.5 Å². The highest BCUT2D eigenvalue weighted by Crippen LogP contribution is 2.19. The number of para-hydroxylation sites is 2. The molecule has 1 N–H and O–H groups in total. The zero-order chi connectivity index (χ0) is 18.8. The van der Waals surface area contributed by atoms with Gasteiger partial charge in [-0.05, 0) is 61.5 Å². The van der Waals surface area contributed by atoms with Gasteiger partial charge in [0, 0.05) is 24.7 Å². The summed E-state index contributed by atoms with van der Waals surface area (Å²) < 4.78 is 20.6. The Morgan fingerprint density at radius 2 is 1.85 bits per heavy atom. The second kappa shape index (κ2) is 7.62. The van der Waals surface area contributed by atoms with Crippen LogP contribution in [0.3, 0.4) is 0 Å². The van der Waals surface area contributed by atoms with E-state index in [1.807, 2.05) is 28.8 Å². The number of halogens is 1. The van der Waals surface area contributed by atoms with Crippen molar-refractivity contribution in [2.24, 2.45) is 0 Å². The predicted molar refractivity (Wildman–Crippen MR) is 103 cm³/mol. The zero-order valence-corrected chi connectivity index (χ0v) is 15.5. The number of nitrogens with one attached hydrogen (secondary N) is 1. The summed E-state index contributed by atoms with van der Waals surface area (Å²) in [4.78, 5) is 15.1. The molecule has 7 heteroatoms.